The topological polar surface area (TPSA) is 52.0 Å². The van der Waals surface area contributed by atoms with Gasteiger partial charge in [0.25, 0.3) is 0 Å². The van der Waals surface area contributed by atoms with Gasteiger partial charge >= 0.3 is 0 Å². The average Bonchev–Trinajstić information content (AvgIpc) is 3.00. The summed E-state index contributed by atoms with van der Waals surface area (Å²) in [5, 5.41) is 8.04. The lowest BCUT2D eigenvalue weighted by Gasteiger charge is -2.38. The normalized spacial score (nSPS) is 33.9. The first-order valence-electron chi connectivity index (χ1n) is 7.68. The predicted octanol–water partition coefficient (Wildman–Crippen LogP) is 1.76. The zero-order valence-corrected chi connectivity index (χ0v) is 12.6. The first-order valence-corrected chi connectivity index (χ1v) is 8.84. The van der Waals surface area contributed by atoms with Crippen molar-refractivity contribution in [1.82, 2.24) is 20.1 Å². The van der Waals surface area contributed by atoms with Gasteiger partial charge in [0.15, 0.2) is 0 Å². The van der Waals surface area contributed by atoms with Crippen LogP contribution in [0.2, 0.25) is 0 Å². The highest BCUT2D eigenvalue weighted by Crippen LogP contribution is 2.41. The summed E-state index contributed by atoms with van der Waals surface area (Å²) in [7, 11) is 0. The van der Waals surface area contributed by atoms with E-state index in [2.05, 4.69) is 20.1 Å². The highest BCUT2D eigenvalue weighted by atomic mass is 32.2. The van der Waals surface area contributed by atoms with E-state index in [1.54, 1.807) is 6.33 Å². The lowest BCUT2D eigenvalue weighted by Crippen LogP contribution is -2.41. The molecule has 20 heavy (non-hydrogen) atoms. The molecule has 2 aliphatic heterocycles. The van der Waals surface area contributed by atoms with Crippen molar-refractivity contribution in [3.8, 4) is 0 Å². The van der Waals surface area contributed by atoms with Crippen molar-refractivity contribution in [2.75, 3.05) is 18.1 Å². The third-order valence-corrected chi connectivity index (χ3v) is 5.88. The molecule has 3 heterocycles. The number of aromatic nitrogens is 3. The minimum absolute atomic E-state index is 0.112. The molecular weight excluding hydrogens is 272 g/mol. The quantitative estimate of drug-likeness (QED) is 0.917. The van der Waals surface area contributed by atoms with Crippen LogP contribution in [0.3, 0.4) is 0 Å². The highest BCUT2D eigenvalue weighted by molar-refractivity contribution is 7.99. The maximum absolute atomic E-state index is 6.10. The molecule has 110 valence electrons. The standard InChI is InChI=1S/C14H22N4OS/c1-2-11(1)15-8-13-16-10-17-18(13)12-3-5-19-14(7-12)4-6-20-9-14/h10-12,15H,1-9H2. The van der Waals surface area contributed by atoms with Crippen molar-refractivity contribution in [2.24, 2.45) is 0 Å². The zero-order chi connectivity index (χ0) is 13.4. The molecule has 1 aromatic rings. The van der Waals surface area contributed by atoms with Crippen molar-refractivity contribution in [1.29, 1.82) is 0 Å². The van der Waals surface area contributed by atoms with Crippen molar-refractivity contribution >= 4 is 11.8 Å². The molecule has 5 nitrogen and oxygen atoms in total. The summed E-state index contributed by atoms with van der Waals surface area (Å²) in [5.41, 5.74) is 0.112. The van der Waals surface area contributed by atoms with Crippen LogP contribution >= 0.6 is 11.8 Å². The van der Waals surface area contributed by atoms with Gasteiger partial charge in [-0.1, -0.05) is 0 Å². The molecule has 1 N–H and O–H groups in total. The Kier molecular flexibility index (Phi) is 3.48. The molecule has 1 spiro atoms. The van der Waals surface area contributed by atoms with Gasteiger partial charge in [0, 0.05) is 18.4 Å². The van der Waals surface area contributed by atoms with E-state index in [0.29, 0.717) is 12.1 Å². The fraction of sp³-hybridized carbons (Fsp3) is 0.857. The van der Waals surface area contributed by atoms with Gasteiger partial charge in [-0.05, 0) is 37.9 Å². The van der Waals surface area contributed by atoms with Crippen LogP contribution in [0.25, 0.3) is 0 Å². The number of rotatable bonds is 4. The van der Waals surface area contributed by atoms with Crippen molar-refractivity contribution in [3.05, 3.63) is 12.2 Å². The largest absolute Gasteiger partial charge is 0.374 e. The fourth-order valence-electron chi connectivity index (χ4n) is 3.30. The van der Waals surface area contributed by atoms with Crippen molar-refractivity contribution in [3.63, 3.8) is 0 Å². The first-order chi connectivity index (χ1) is 9.85. The molecule has 4 rings (SSSR count). The summed E-state index contributed by atoms with van der Waals surface area (Å²) in [6.07, 6.45) is 7.68. The molecule has 1 saturated carbocycles. The molecular formula is C14H22N4OS. The number of thioether (sulfide) groups is 1. The fourth-order valence-corrected chi connectivity index (χ4v) is 4.68. The maximum Gasteiger partial charge on any atom is 0.141 e. The van der Waals surface area contributed by atoms with E-state index < -0.39 is 0 Å². The second-order valence-corrected chi connectivity index (χ2v) is 7.36. The van der Waals surface area contributed by atoms with E-state index in [-0.39, 0.29) is 5.60 Å². The van der Waals surface area contributed by atoms with Gasteiger partial charge < -0.3 is 10.1 Å². The molecule has 1 aliphatic carbocycles. The van der Waals surface area contributed by atoms with Gasteiger partial charge in [0.05, 0.1) is 18.2 Å². The Morgan fingerprint density at radius 3 is 3.20 bits per heavy atom. The third-order valence-electron chi connectivity index (χ3n) is 4.65. The second kappa shape index (κ2) is 5.31. The number of hydrogen-bond acceptors (Lipinski definition) is 5. The Morgan fingerprint density at radius 1 is 1.45 bits per heavy atom. The summed E-state index contributed by atoms with van der Waals surface area (Å²) >= 11 is 2.02. The van der Waals surface area contributed by atoms with Crippen LogP contribution in [0.15, 0.2) is 6.33 Å². The Bertz CT molecular complexity index is 467. The van der Waals surface area contributed by atoms with Crippen LogP contribution in [0.1, 0.15) is 44.0 Å². The van der Waals surface area contributed by atoms with E-state index in [4.69, 9.17) is 4.74 Å². The molecule has 2 atom stereocenters. The maximum atomic E-state index is 6.10. The van der Waals surface area contributed by atoms with Crippen LogP contribution in [0.5, 0.6) is 0 Å². The lowest BCUT2D eigenvalue weighted by molar-refractivity contribution is -0.0782. The summed E-state index contributed by atoms with van der Waals surface area (Å²) in [5.74, 6) is 3.47. The van der Waals surface area contributed by atoms with Gasteiger partial charge in [-0.25, -0.2) is 9.67 Å². The van der Waals surface area contributed by atoms with Gasteiger partial charge in [0.2, 0.25) is 0 Å². The van der Waals surface area contributed by atoms with Gasteiger partial charge in [-0.3, -0.25) is 0 Å². The smallest absolute Gasteiger partial charge is 0.141 e. The third kappa shape index (κ3) is 2.61. The minimum Gasteiger partial charge on any atom is -0.374 e. The zero-order valence-electron chi connectivity index (χ0n) is 11.8. The number of ether oxygens (including phenoxy) is 1. The molecule has 1 aromatic heterocycles. The van der Waals surface area contributed by atoms with Crippen molar-refractivity contribution in [2.45, 2.75) is 56.3 Å². The molecule has 2 unspecified atom stereocenters. The first kappa shape index (κ1) is 13.1. The number of nitrogens with zero attached hydrogens (tertiary/aromatic N) is 3. The molecule has 0 amide bonds. The van der Waals surface area contributed by atoms with Gasteiger partial charge in [-0.15, -0.1) is 0 Å². The number of nitrogens with one attached hydrogen (secondary N) is 1. The monoisotopic (exact) mass is 294 g/mol. The SMILES string of the molecule is c1nc(CNC2CC2)n(C2CCOC3(CCSC3)C2)n1. The van der Waals surface area contributed by atoms with E-state index in [9.17, 15) is 0 Å². The van der Waals surface area contributed by atoms with Crippen LogP contribution in [0, 0.1) is 0 Å². The van der Waals surface area contributed by atoms with Crippen LogP contribution in [-0.4, -0.2) is 44.5 Å². The molecule has 3 fully saturated rings. The number of hydrogen-bond donors (Lipinski definition) is 1. The lowest BCUT2D eigenvalue weighted by atomic mass is 9.90. The van der Waals surface area contributed by atoms with Crippen LogP contribution in [-0.2, 0) is 11.3 Å². The van der Waals surface area contributed by atoms with E-state index in [1.807, 2.05) is 11.8 Å². The van der Waals surface area contributed by atoms with Gasteiger partial charge in [-0.2, -0.15) is 16.9 Å². The summed E-state index contributed by atoms with van der Waals surface area (Å²) in [6, 6.07) is 1.17. The summed E-state index contributed by atoms with van der Waals surface area (Å²) in [6.45, 7) is 1.71. The van der Waals surface area contributed by atoms with Crippen LogP contribution < -0.4 is 5.32 Å². The second-order valence-electron chi connectivity index (χ2n) is 6.26. The van der Waals surface area contributed by atoms with E-state index >= 15 is 0 Å². The molecule has 0 aromatic carbocycles. The molecule has 3 aliphatic rings. The average molecular weight is 294 g/mol. The summed E-state index contributed by atoms with van der Waals surface area (Å²) < 4.78 is 8.26. The minimum atomic E-state index is 0.112. The Hall–Kier alpha value is -0.590. The van der Waals surface area contributed by atoms with E-state index in [1.165, 1.54) is 25.0 Å². The Morgan fingerprint density at radius 2 is 2.40 bits per heavy atom. The Labute approximate surface area is 123 Å². The molecule has 0 radical (unpaired) electrons. The molecule has 6 heteroatoms. The summed E-state index contributed by atoms with van der Waals surface area (Å²) in [4.78, 5) is 4.45. The highest BCUT2D eigenvalue weighted by Gasteiger charge is 2.41. The van der Waals surface area contributed by atoms with Crippen molar-refractivity contribution < 1.29 is 4.74 Å². The predicted molar refractivity (Wildman–Crippen MR) is 78.8 cm³/mol. The molecule has 2 saturated heterocycles. The Balaban J connectivity index is 1.47. The van der Waals surface area contributed by atoms with E-state index in [0.717, 1.165) is 37.6 Å². The van der Waals surface area contributed by atoms with Gasteiger partial charge in [0.1, 0.15) is 12.2 Å². The molecule has 0 bridgehead atoms. The van der Waals surface area contributed by atoms with Crippen LogP contribution in [0.4, 0.5) is 0 Å².